The van der Waals surface area contributed by atoms with Crippen molar-refractivity contribution in [2.24, 2.45) is 17.8 Å². The molecule has 15 heavy (non-hydrogen) atoms. The second kappa shape index (κ2) is 5.86. The van der Waals surface area contributed by atoms with Crippen molar-refractivity contribution in [1.29, 1.82) is 0 Å². The fourth-order valence-corrected chi connectivity index (χ4v) is 2.52. The van der Waals surface area contributed by atoms with Crippen molar-refractivity contribution in [3.8, 4) is 0 Å². The predicted octanol–water partition coefficient (Wildman–Crippen LogP) is 2.16. The summed E-state index contributed by atoms with van der Waals surface area (Å²) in [6.07, 6.45) is 0. The van der Waals surface area contributed by atoms with Gasteiger partial charge in [-0.15, -0.1) is 0 Å². The van der Waals surface area contributed by atoms with Crippen LogP contribution >= 0.6 is 0 Å². The number of hydrogen-bond acceptors (Lipinski definition) is 2. The fourth-order valence-electron chi connectivity index (χ4n) is 2.52. The van der Waals surface area contributed by atoms with Gasteiger partial charge in [0.2, 0.25) is 0 Å². The predicted molar refractivity (Wildman–Crippen MR) is 67.1 cm³/mol. The van der Waals surface area contributed by atoms with Crippen molar-refractivity contribution in [3.05, 3.63) is 0 Å². The molecule has 0 aromatic carbocycles. The van der Waals surface area contributed by atoms with Gasteiger partial charge in [-0.2, -0.15) is 0 Å². The first-order valence-electron chi connectivity index (χ1n) is 6.41. The lowest BCUT2D eigenvalue weighted by molar-refractivity contribution is 0.109. The molecule has 0 aromatic heterocycles. The van der Waals surface area contributed by atoms with Crippen LogP contribution in [0.3, 0.4) is 0 Å². The molecule has 0 atom stereocenters. The Morgan fingerprint density at radius 1 is 0.867 bits per heavy atom. The van der Waals surface area contributed by atoms with E-state index in [1.54, 1.807) is 0 Å². The number of piperazine rings is 1. The number of nitrogens with zero attached hydrogens (tertiary/aromatic N) is 2. The summed E-state index contributed by atoms with van der Waals surface area (Å²) >= 11 is 0. The second-order valence-electron chi connectivity index (χ2n) is 5.76. The van der Waals surface area contributed by atoms with Crippen LogP contribution < -0.4 is 0 Å². The first kappa shape index (κ1) is 13.0. The summed E-state index contributed by atoms with van der Waals surface area (Å²) in [5.41, 5.74) is 0. The van der Waals surface area contributed by atoms with Crippen LogP contribution in [-0.4, -0.2) is 49.6 Å². The first-order valence-corrected chi connectivity index (χ1v) is 6.41. The van der Waals surface area contributed by atoms with Crippen molar-refractivity contribution >= 4 is 0 Å². The lowest BCUT2D eigenvalue weighted by Crippen LogP contribution is -2.47. The van der Waals surface area contributed by atoms with E-state index in [-0.39, 0.29) is 0 Å². The molecule has 0 saturated carbocycles. The molecule has 0 amide bonds. The SMILES string of the molecule is CC(C)C(CN1CCN(C)CC1)C(C)C. The van der Waals surface area contributed by atoms with Crippen molar-refractivity contribution in [2.75, 3.05) is 39.8 Å². The van der Waals surface area contributed by atoms with E-state index in [1.165, 1.54) is 32.7 Å². The topological polar surface area (TPSA) is 6.48 Å². The maximum absolute atomic E-state index is 2.64. The minimum Gasteiger partial charge on any atom is -0.304 e. The van der Waals surface area contributed by atoms with Gasteiger partial charge in [-0.25, -0.2) is 0 Å². The Balaban J connectivity index is 2.38. The van der Waals surface area contributed by atoms with Gasteiger partial charge >= 0.3 is 0 Å². The van der Waals surface area contributed by atoms with Gasteiger partial charge < -0.3 is 9.80 Å². The Morgan fingerprint density at radius 2 is 1.33 bits per heavy atom. The normalized spacial score (nSPS) is 20.8. The summed E-state index contributed by atoms with van der Waals surface area (Å²) in [6, 6.07) is 0. The molecule has 1 aliphatic heterocycles. The third-order valence-corrected chi connectivity index (χ3v) is 3.78. The lowest BCUT2D eigenvalue weighted by Gasteiger charge is -2.37. The van der Waals surface area contributed by atoms with E-state index in [4.69, 9.17) is 0 Å². The number of rotatable bonds is 4. The molecule has 0 radical (unpaired) electrons. The molecule has 0 aromatic rings. The highest BCUT2D eigenvalue weighted by Gasteiger charge is 2.22. The summed E-state index contributed by atoms with van der Waals surface area (Å²) in [5.74, 6) is 2.47. The standard InChI is InChI=1S/C13H28N2/c1-11(2)13(12(3)4)10-15-8-6-14(5)7-9-15/h11-13H,6-10H2,1-5H3. The van der Waals surface area contributed by atoms with E-state index in [0.29, 0.717) is 0 Å². The summed E-state index contributed by atoms with van der Waals surface area (Å²) in [4.78, 5) is 5.07. The van der Waals surface area contributed by atoms with Gasteiger partial charge in [0, 0.05) is 32.7 Å². The molecule has 1 aliphatic rings. The van der Waals surface area contributed by atoms with Crippen LogP contribution in [0.15, 0.2) is 0 Å². The van der Waals surface area contributed by atoms with E-state index in [2.05, 4.69) is 44.5 Å². The lowest BCUT2D eigenvalue weighted by atomic mass is 9.85. The zero-order chi connectivity index (χ0) is 11.4. The Kier molecular flexibility index (Phi) is 5.07. The molecule has 1 heterocycles. The highest BCUT2D eigenvalue weighted by Crippen LogP contribution is 2.22. The third kappa shape index (κ3) is 4.12. The van der Waals surface area contributed by atoms with Gasteiger partial charge in [0.1, 0.15) is 0 Å². The molecular formula is C13H28N2. The quantitative estimate of drug-likeness (QED) is 0.704. The third-order valence-electron chi connectivity index (χ3n) is 3.78. The Bertz CT molecular complexity index is 161. The van der Waals surface area contributed by atoms with Crippen LogP contribution in [-0.2, 0) is 0 Å². The Morgan fingerprint density at radius 3 is 1.73 bits per heavy atom. The molecule has 1 rings (SSSR count). The summed E-state index contributed by atoms with van der Waals surface area (Å²) in [7, 11) is 2.22. The van der Waals surface area contributed by atoms with Crippen molar-refractivity contribution in [1.82, 2.24) is 9.80 Å². The molecule has 1 fully saturated rings. The molecule has 0 bridgehead atoms. The van der Waals surface area contributed by atoms with Gasteiger partial charge in [-0.05, 0) is 24.8 Å². The molecule has 2 nitrogen and oxygen atoms in total. The van der Waals surface area contributed by atoms with E-state index in [9.17, 15) is 0 Å². The average Bonchev–Trinajstić information content (AvgIpc) is 2.15. The summed E-state index contributed by atoms with van der Waals surface area (Å²) < 4.78 is 0. The minimum atomic E-state index is 0.810. The van der Waals surface area contributed by atoms with Gasteiger partial charge in [0.15, 0.2) is 0 Å². The van der Waals surface area contributed by atoms with Gasteiger partial charge in [0.05, 0.1) is 0 Å². The van der Waals surface area contributed by atoms with Crippen molar-refractivity contribution in [2.45, 2.75) is 27.7 Å². The number of hydrogen-bond donors (Lipinski definition) is 0. The van der Waals surface area contributed by atoms with E-state index in [1.807, 2.05) is 0 Å². The molecule has 1 saturated heterocycles. The molecule has 0 unspecified atom stereocenters. The van der Waals surface area contributed by atoms with Crippen LogP contribution in [0.1, 0.15) is 27.7 Å². The molecule has 0 aliphatic carbocycles. The van der Waals surface area contributed by atoms with Gasteiger partial charge in [-0.3, -0.25) is 0 Å². The first-order chi connectivity index (χ1) is 7.00. The maximum atomic E-state index is 2.64. The smallest absolute Gasteiger partial charge is 0.0110 e. The molecule has 2 heteroatoms. The minimum absolute atomic E-state index is 0.810. The fraction of sp³-hybridized carbons (Fsp3) is 1.00. The zero-order valence-electron chi connectivity index (χ0n) is 11.2. The van der Waals surface area contributed by atoms with Crippen molar-refractivity contribution in [3.63, 3.8) is 0 Å². The highest BCUT2D eigenvalue weighted by atomic mass is 15.2. The Hall–Kier alpha value is -0.0800. The van der Waals surface area contributed by atoms with Crippen LogP contribution in [0, 0.1) is 17.8 Å². The Labute approximate surface area is 95.6 Å². The zero-order valence-corrected chi connectivity index (χ0v) is 11.2. The van der Waals surface area contributed by atoms with Crippen LogP contribution in [0.25, 0.3) is 0 Å². The van der Waals surface area contributed by atoms with Crippen LogP contribution in [0.2, 0.25) is 0 Å². The van der Waals surface area contributed by atoms with Gasteiger partial charge in [-0.1, -0.05) is 27.7 Å². The molecule has 90 valence electrons. The average molecular weight is 212 g/mol. The summed E-state index contributed by atoms with van der Waals surface area (Å²) in [6.45, 7) is 15.7. The summed E-state index contributed by atoms with van der Waals surface area (Å²) in [5, 5.41) is 0. The number of likely N-dealkylation sites (N-methyl/N-ethyl adjacent to an activating group) is 1. The monoisotopic (exact) mass is 212 g/mol. The molecule has 0 spiro atoms. The van der Waals surface area contributed by atoms with Crippen molar-refractivity contribution < 1.29 is 0 Å². The van der Waals surface area contributed by atoms with Crippen LogP contribution in [0.5, 0.6) is 0 Å². The van der Waals surface area contributed by atoms with E-state index < -0.39 is 0 Å². The largest absolute Gasteiger partial charge is 0.304 e. The van der Waals surface area contributed by atoms with Gasteiger partial charge in [0.25, 0.3) is 0 Å². The molecule has 0 N–H and O–H groups in total. The second-order valence-corrected chi connectivity index (χ2v) is 5.76. The van der Waals surface area contributed by atoms with Crippen LogP contribution in [0.4, 0.5) is 0 Å². The van der Waals surface area contributed by atoms with E-state index >= 15 is 0 Å². The molecular weight excluding hydrogens is 184 g/mol. The van der Waals surface area contributed by atoms with E-state index in [0.717, 1.165) is 17.8 Å². The maximum Gasteiger partial charge on any atom is 0.0110 e. The highest BCUT2D eigenvalue weighted by molar-refractivity contribution is 4.75.